The van der Waals surface area contributed by atoms with Gasteiger partial charge >= 0.3 is 0 Å². The van der Waals surface area contributed by atoms with Gasteiger partial charge in [0.2, 0.25) is 5.91 Å². The molecular formula is C15H24N2O2. The predicted octanol–water partition coefficient (Wildman–Crippen LogP) is 2.27. The van der Waals surface area contributed by atoms with Crippen LogP contribution in [-0.4, -0.2) is 17.1 Å². The van der Waals surface area contributed by atoms with Crippen molar-refractivity contribution in [3.8, 4) is 0 Å². The molecule has 1 aromatic carbocycles. The zero-order chi connectivity index (χ0) is 14.5. The number of nitrogens with one attached hydrogen (secondary N) is 1. The minimum atomic E-state index is -0.128. The van der Waals surface area contributed by atoms with Crippen LogP contribution >= 0.6 is 0 Å². The molecule has 19 heavy (non-hydrogen) atoms. The molecule has 1 unspecified atom stereocenters. The van der Waals surface area contributed by atoms with Crippen molar-refractivity contribution in [2.24, 2.45) is 11.1 Å². The average molecular weight is 264 g/mol. The van der Waals surface area contributed by atoms with Gasteiger partial charge in [-0.3, -0.25) is 4.79 Å². The topological polar surface area (TPSA) is 75.4 Å². The van der Waals surface area contributed by atoms with Crippen molar-refractivity contribution in [3.05, 3.63) is 29.8 Å². The third kappa shape index (κ3) is 6.36. The van der Waals surface area contributed by atoms with Crippen LogP contribution in [-0.2, 0) is 11.4 Å². The van der Waals surface area contributed by atoms with E-state index in [2.05, 4.69) is 26.1 Å². The Morgan fingerprint density at radius 2 is 1.89 bits per heavy atom. The molecule has 4 heteroatoms. The third-order valence-electron chi connectivity index (χ3n) is 2.74. The van der Waals surface area contributed by atoms with Crippen LogP contribution < -0.4 is 11.1 Å². The summed E-state index contributed by atoms with van der Waals surface area (Å²) in [5.41, 5.74) is 7.64. The molecule has 1 rings (SSSR count). The first kappa shape index (κ1) is 15.7. The van der Waals surface area contributed by atoms with E-state index >= 15 is 0 Å². The van der Waals surface area contributed by atoms with Crippen LogP contribution in [0.4, 0.5) is 5.69 Å². The van der Waals surface area contributed by atoms with E-state index in [1.807, 2.05) is 0 Å². The lowest BCUT2D eigenvalue weighted by atomic mass is 9.87. The van der Waals surface area contributed by atoms with Crippen LogP contribution in [0.25, 0.3) is 0 Å². The quantitative estimate of drug-likeness (QED) is 0.763. The Morgan fingerprint density at radius 3 is 2.37 bits per heavy atom. The van der Waals surface area contributed by atoms with Crippen LogP contribution in [0.5, 0.6) is 0 Å². The normalized spacial score (nSPS) is 13.1. The van der Waals surface area contributed by atoms with Crippen molar-refractivity contribution >= 4 is 11.6 Å². The first-order chi connectivity index (χ1) is 8.80. The summed E-state index contributed by atoms with van der Waals surface area (Å²) in [6, 6.07) is 6.99. The van der Waals surface area contributed by atoms with Crippen molar-refractivity contribution in [2.45, 2.75) is 46.3 Å². The fourth-order valence-corrected chi connectivity index (χ4v) is 2.00. The van der Waals surface area contributed by atoms with E-state index in [1.54, 1.807) is 24.3 Å². The first-order valence-electron chi connectivity index (χ1n) is 6.55. The van der Waals surface area contributed by atoms with E-state index < -0.39 is 0 Å². The number of nitrogens with two attached hydrogens (primary N) is 1. The number of hydrogen-bond donors (Lipinski definition) is 3. The van der Waals surface area contributed by atoms with E-state index in [4.69, 9.17) is 10.8 Å². The zero-order valence-electron chi connectivity index (χ0n) is 11.9. The molecular weight excluding hydrogens is 240 g/mol. The molecule has 1 amide bonds. The second kappa shape index (κ2) is 6.68. The van der Waals surface area contributed by atoms with Gasteiger partial charge in [-0.25, -0.2) is 0 Å². The molecule has 0 saturated heterocycles. The Bertz CT molecular complexity index is 407. The largest absolute Gasteiger partial charge is 0.392 e. The lowest BCUT2D eigenvalue weighted by Crippen LogP contribution is -2.31. The summed E-state index contributed by atoms with van der Waals surface area (Å²) in [5.74, 6) is -0.0755. The van der Waals surface area contributed by atoms with Gasteiger partial charge in [-0.1, -0.05) is 32.9 Å². The Morgan fingerprint density at radius 1 is 1.32 bits per heavy atom. The Kier molecular flexibility index (Phi) is 5.51. The molecule has 0 spiro atoms. The van der Waals surface area contributed by atoms with E-state index in [0.29, 0.717) is 6.42 Å². The van der Waals surface area contributed by atoms with Gasteiger partial charge in [-0.2, -0.15) is 0 Å². The maximum Gasteiger partial charge on any atom is 0.225 e. The lowest BCUT2D eigenvalue weighted by Gasteiger charge is -2.22. The molecule has 4 nitrogen and oxygen atoms in total. The van der Waals surface area contributed by atoms with Crippen LogP contribution in [0.15, 0.2) is 24.3 Å². The summed E-state index contributed by atoms with van der Waals surface area (Å²) < 4.78 is 0. The molecule has 1 aromatic rings. The van der Waals surface area contributed by atoms with Gasteiger partial charge in [-0.15, -0.1) is 0 Å². The van der Waals surface area contributed by atoms with Crippen molar-refractivity contribution in [1.29, 1.82) is 0 Å². The molecule has 0 bridgehead atoms. The van der Waals surface area contributed by atoms with Gasteiger partial charge < -0.3 is 16.2 Å². The van der Waals surface area contributed by atoms with Gasteiger partial charge in [0.1, 0.15) is 0 Å². The van der Waals surface area contributed by atoms with Gasteiger partial charge in [0, 0.05) is 18.2 Å². The number of rotatable bonds is 5. The smallest absolute Gasteiger partial charge is 0.225 e. The number of carbonyl (C=O) groups excluding carboxylic acids is 1. The van der Waals surface area contributed by atoms with Crippen molar-refractivity contribution in [2.75, 3.05) is 5.32 Å². The number of benzene rings is 1. The number of hydrogen-bond acceptors (Lipinski definition) is 3. The highest BCUT2D eigenvalue weighted by Crippen LogP contribution is 2.21. The van der Waals surface area contributed by atoms with E-state index in [0.717, 1.165) is 17.7 Å². The highest BCUT2D eigenvalue weighted by Gasteiger charge is 2.18. The number of aliphatic hydroxyl groups excluding tert-OH is 1. The molecule has 1 atom stereocenters. The van der Waals surface area contributed by atoms with Gasteiger partial charge in [0.05, 0.1) is 6.61 Å². The van der Waals surface area contributed by atoms with Crippen LogP contribution in [0.3, 0.4) is 0 Å². The van der Waals surface area contributed by atoms with Gasteiger partial charge in [0.15, 0.2) is 0 Å². The summed E-state index contributed by atoms with van der Waals surface area (Å²) in [7, 11) is 0. The summed E-state index contributed by atoms with van der Waals surface area (Å²) in [5, 5.41) is 11.7. The number of anilines is 1. The number of amides is 1. The summed E-state index contributed by atoms with van der Waals surface area (Å²) in [6.45, 7) is 6.33. The zero-order valence-corrected chi connectivity index (χ0v) is 11.9. The monoisotopic (exact) mass is 264 g/mol. The fraction of sp³-hybridized carbons (Fsp3) is 0.533. The van der Waals surface area contributed by atoms with Crippen molar-refractivity contribution < 1.29 is 9.90 Å². The minimum absolute atomic E-state index is 0.00465. The van der Waals surface area contributed by atoms with Crippen molar-refractivity contribution in [3.63, 3.8) is 0 Å². The first-order valence-corrected chi connectivity index (χ1v) is 6.55. The van der Waals surface area contributed by atoms with E-state index in [1.165, 1.54) is 0 Å². The summed E-state index contributed by atoms with van der Waals surface area (Å²) in [4.78, 5) is 11.8. The molecule has 0 aliphatic heterocycles. The number of aliphatic hydroxyl groups is 1. The maximum absolute atomic E-state index is 11.8. The van der Waals surface area contributed by atoms with E-state index in [9.17, 15) is 4.79 Å². The molecule has 0 radical (unpaired) electrons. The molecule has 0 aromatic heterocycles. The lowest BCUT2D eigenvalue weighted by molar-refractivity contribution is -0.116. The van der Waals surface area contributed by atoms with Gasteiger partial charge in [0.25, 0.3) is 0 Å². The SMILES string of the molecule is CC(C)(C)CC(N)CC(=O)Nc1ccc(CO)cc1. The van der Waals surface area contributed by atoms with Crippen LogP contribution in [0.2, 0.25) is 0 Å². The average Bonchev–Trinajstić information content (AvgIpc) is 2.27. The highest BCUT2D eigenvalue weighted by molar-refractivity contribution is 5.91. The minimum Gasteiger partial charge on any atom is -0.392 e. The fourth-order valence-electron chi connectivity index (χ4n) is 2.00. The molecule has 0 heterocycles. The molecule has 4 N–H and O–H groups in total. The molecule has 0 fully saturated rings. The van der Waals surface area contributed by atoms with Gasteiger partial charge in [-0.05, 0) is 29.5 Å². The maximum atomic E-state index is 11.8. The highest BCUT2D eigenvalue weighted by atomic mass is 16.3. The molecule has 0 saturated carbocycles. The second-order valence-electron chi connectivity index (χ2n) is 6.13. The second-order valence-corrected chi connectivity index (χ2v) is 6.13. The third-order valence-corrected chi connectivity index (χ3v) is 2.74. The summed E-state index contributed by atoms with van der Waals surface area (Å²) >= 11 is 0. The molecule has 0 aliphatic carbocycles. The standard InChI is InChI=1S/C15H24N2O2/c1-15(2,3)9-12(16)8-14(19)17-13-6-4-11(10-18)5-7-13/h4-7,12,18H,8-10,16H2,1-3H3,(H,17,19). The molecule has 106 valence electrons. The number of carbonyl (C=O) groups is 1. The Labute approximate surface area is 115 Å². The summed E-state index contributed by atoms with van der Waals surface area (Å²) in [6.07, 6.45) is 1.13. The predicted molar refractivity (Wildman–Crippen MR) is 77.7 cm³/mol. The van der Waals surface area contributed by atoms with E-state index in [-0.39, 0.29) is 24.0 Å². The Balaban J connectivity index is 2.46. The van der Waals surface area contributed by atoms with Crippen LogP contribution in [0, 0.1) is 5.41 Å². The van der Waals surface area contributed by atoms with Crippen molar-refractivity contribution in [1.82, 2.24) is 0 Å². The van der Waals surface area contributed by atoms with Crippen LogP contribution in [0.1, 0.15) is 39.2 Å². The Hall–Kier alpha value is -1.39. The molecule has 0 aliphatic rings.